The zero-order valence-corrected chi connectivity index (χ0v) is 11.1. The molecule has 0 aliphatic rings. The SMILES string of the molecule is CC[C@@H](O)c1ccc(Oc2ccc(C)c(F)c2)cc1. The quantitative estimate of drug-likeness (QED) is 0.884. The van der Waals surface area contributed by atoms with Gasteiger partial charge in [-0.05, 0) is 42.7 Å². The van der Waals surface area contributed by atoms with E-state index in [4.69, 9.17) is 4.74 Å². The molecular weight excluding hydrogens is 243 g/mol. The van der Waals surface area contributed by atoms with E-state index in [9.17, 15) is 9.50 Å². The molecule has 0 unspecified atom stereocenters. The highest BCUT2D eigenvalue weighted by atomic mass is 19.1. The van der Waals surface area contributed by atoms with Crippen LogP contribution in [0.4, 0.5) is 4.39 Å². The summed E-state index contributed by atoms with van der Waals surface area (Å²) in [6, 6.07) is 11.9. The van der Waals surface area contributed by atoms with Crippen molar-refractivity contribution in [2.45, 2.75) is 26.4 Å². The Hall–Kier alpha value is -1.87. The van der Waals surface area contributed by atoms with E-state index in [0.717, 1.165) is 5.56 Å². The van der Waals surface area contributed by atoms with Crippen molar-refractivity contribution in [2.24, 2.45) is 0 Å². The van der Waals surface area contributed by atoms with Gasteiger partial charge in [-0.25, -0.2) is 4.39 Å². The summed E-state index contributed by atoms with van der Waals surface area (Å²) >= 11 is 0. The first-order chi connectivity index (χ1) is 9.10. The van der Waals surface area contributed by atoms with E-state index >= 15 is 0 Å². The molecule has 0 amide bonds. The number of aliphatic hydroxyl groups excluding tert-OH is 1. The number of aryl methyl sites for hydroxylation is 1. The molecule has 0 heterocycles. The summed E-state index contributed by atoms with van der Waals surface area (Å²) in [5.74, 6) is 0.803. The Morgan fingerprint density at radius 3 is 2.32 bits per heavy atom. The van der Waals surface area contributed by atoms with E-state index in [-0.39, 0.29) is 5.82 Å². The van der Waals surface area contributed by atoms with Crippen molar-refractivity contribution in [1.29, 1.82) is 0 Å². The first kappa shape index (κ1) is 13.6. The van der Waals surface area contributed by atoms with E-state index in [1.807, 2.05) is 19.1 Å². The van der Waals surface area contributed by atoms with Crippen LogP contribution in [-0.2, 0) is 0 Å². The van der Waals surface area contributed by atoms with Gasteiger partial charge in [-0.2, -0.15) is 0 Å². The van der Waals surface area contributed by atoms with Crippen LogP contribution in [0.5, 0.6) is 11.5 Å². The zero-order valence-electron chi connectivity index (χ0n) is 11.1. The molecule has 3 heteroatoms. The Bertz CT molecular complexity index is 549. The predicted octanol–water partition coefficient (Wildman–Crippen LogP) is 4.37. The minimum atomic E-state index is -0.453. The van der Waals surface area contributed by atoms with Gasteiger partial charge in [0.1, 0.15) is 17.3 Å². The van der Waals surface area contributed by atoms with Crippen LogP contribution in [0, 0.1) is 12.7 Å². The van der Waals surface area contributed by atoms with Crippen molar-refractivity contribution < 1.29 is 14.2 Å². The Morgan fingerprint density at radius 1 is 1.11 bits per heavy atom. The van der Waals surface area contributed by atoms with Gasteiger partial charge in [-0.3, -0.25) is 0 Å². The maximum absolute atomic E-state index is 13.4. The summed E-state index contributed by atoms with van der Waals surface area (Å²) in [7, 11) is 0. The molecule has 100 valence electrons. The third-order valence-electron chi connectivity index (χ3n) is 3.03. The normalized spacial score (nSPS) is 12.2. The minimum Gasteiger partial charge on any atom is -0.457 e. The lowest BCUT2D eigenvalue weighted by Gasteiger charge is -2.10. The highest BCUT2D eigenvalue weighted by Crippen LogP contribution is 2.25. The molecule has 2 nitrogen and oxygen atoms in total. The Morgan fingerprint density at radius 2 is 1.74 bits per heavy atom. The maximum Gasteiger partial charge on any atom is 0.130 e. The molecule has 1 N–H and O–H groups in total. The first-order valence-electron chi connectivity index (χ1n) is 6.32. The largest absolute Gasteiger partial charge is 0.457 e. The van der Waals surface area contributed by atoms with Crippen molar-refractivity contribution in [3.63, 3.8) is 0 Å². The van der Waals surface area contributed by atoms with Crippen molar-refractivity contribution in [2.75, 3.05) is 0 Å². The summed E-state index contributed by atoms with van der Waals surface area (Å²) < 4.78 is 18.9. The van der Waals surface area contributed by atoms with E-state index in [0.29, 0.717) is 23.5 Å². The minimum absolute atomic E-state index is 0.282. The van der Waals surface area contributed by atoms with Gasteiger partial charge in [0.25, 0.3) is 0 Å². The molecule has 2 rings (SSSR count). The summed E-state index contributed by atoms with van der Waals surface area (Å²) in [6.07, 6.45) is 0.217. The second-order valence-corrected chi connectivity index (χ2v) is 4.51. The summed E-state index contributed by atoms with van der Waals surface area (Å²) in [4.78, 5) is 0. The van der Waals surface area contributed by atoms with E-state index in [2.05, 4.69) is 0 Å². The monoisotopic (exact) mass is 260 g/mol. The second-order valence-electron chi connectivity index (χ2n) is 4.51. The zero-order chi connectivity index (χ0) is 13.8. The van der Waals surface area contributed by atoms with Crippen LogP contribution in [0.2, 0.25) is 0 Å². The highest BCUT2D eigenvalue weighted by molar-refractivity contribution is 5.35. The number of hydrogen-bond acceptors (Lipinski definition) is 2. The number of hydrogen-bond donors (Lipinski definition) is 1. The highest BCUT2D eigenvalue weighted by Gasteiger charge is 2.05. The number of aliphatic hydroxyl groups is 1. The summed E-state index contributed by atoms with van der Waals surface area (Å²) in [6.45, 7) is 3.63. The topological polar surface area (TPSA) is 29.5 Å². The fourth-order valence-electron chi connectivity index (χ4n) is 1.77. The molecule has 0 spiro atoms. The molecule has 0 aliphatic heterocycles. The molecule has 0 saturated carbocycles. The fraction of sp³-hybridized carbons (Fsp3) is 0.250. The van der Waals surface area contributed by atoms with Gasteiger partial charge in [0.15, 0.2) is 0 Å². The smallest absolute Gasteiger partial charge is 0.130 e. The second kappa shape index (κ2) is 5.85. The molecule has 0 bridgehead atoms. The van der Waals surface area contributed by atoms with Gasteiger partial charge in [-0.1, -0.05) is 25.1 Å². The Kier molecular flexibility index (Phi) is 4.17. The molecule has 0 radical (unpaired) electrons. The fourth-order valence-corrected chi connectivity index (χ4v) is 1.77. The van der Waals surface area contributed by atoms with Gasteiger partial charge >= 0.3 is 0 Å². The lowest BCUT2D eigenvalue weighted by atomic mass is 10.1. The molecule has 19 heavy (non-hydrogen) atoms. The summed E-state index contributed by atoms with van der Waals surface area (Å²) in [5, 5.41) is 9.69. The third-order valence-corrected chi connectivity index (χ3v) is 3.03. The van der Waals surface area contributed by atoms with Crippen LogP contribution in [0.25, 0.3) is 0 Å². The Labute approximate surface area is 112 Å². The van der Waals surface area contributed by atoms with Crippen molar-refractivity contribution in [1.82, 2.24) is 0 Å². The average molecular weight is 260 g/mol. The molecule has 0 saturated heterocycles. The number of ether oxygens (including phenoxy) is 1. The summed E-state index contributed by atoms with van der Waals surface area (Å²) in [5.41, 5.74) is 1.44. The van der Waals surface area contributed by atoms with Crippen molar-refractivity contribution in [3.05, 3.63) is 59.4 Å². The number of halogens is 1. The molecular formula is C16H17FO2. The van der Waals surface area contributed by atoms with Crippen LogP contribution >= 0.6 is 0 Å². The van der Waals surface area contributed by atoms with E-state index in [1.54, 1.807) is 31.2 Å². The van der Waals surface area contributed by atoms with Crippen LogP contribution in [0.15, 0.2) is 42.5 Å². The van der Waals surface area contributed by atoms with E-state index < -0.39 is 6.10 Å². The van der Waals surface area contributed by atoms with Gasteiger partial charge in [-0.15, -0.1) is 0 Å². The molecule has 2 aromatic carbocycles. The average Bonchev–Trinajstić information content (AvgIpc) is 2.43. The Balaban J connectivity index is 2.12. The molecule has 0 aliphatic carbocycles. The van der Waals surface area contributed by atoms with Crippen molar-refractivity contribution >= 4 is 0 Å². The van der Waals surface area contributed by atoms with Gasteiger partial charge in [0, 0.05) is 6.07 Å². The molecule has 0 aromatic heterocycles. The van der Waals surface area contributed by atoms with Gasteiger partial charge in [0.05, 0.1) is 6.10 Å². The van der Waals surface area contributed by atoms with Gasteiger partial charge in [0.2, 0.25) is 0 Å². The number of rotatable bonds is 4. The van der Waals surface area contributed by atoms with Gasteiger partial charge < -0.3 is 9.84 Å². The van der Waals surface area contributed by atoms with Crippen LogP contribution in [0.1, 0.15) is 30.6 Å². The first-order valence-corrected chi connectivity index (χ1v) is 6.32. The molecule has 0 fully saturated rings. The number of benzene rings is 2. The van der Waals surface area contributed by atoms with Crippen LogP contribution in [0.3, 0.4) is 0 Å². The lowest BCUT2D eigenvalue weighted by Crippen LogP contribution is -1.94. The standard InChI is InChI=1S/C16H17FO2/c1-3-16(18)12-5-8-13(9-6-12)19-14-7-4-11(2)15(17)10-14/h4-10,16,18H,3H2,1-2H3/t16-/m1/s1. The van der Waals surface area contributed by atoms with Crippen molar-refractivity contribution in [3.8, 4) is 11.5 Å². The maximum atomic E-state index is 13.4. The van der Waals surface area contributed by atoms with Crippen LogP contribution in [-0.4, -0.2) is 5.11 Å². The predicted molar refractivity (Wildman–Crippen MR) is 72.9 cm³/mol. The lowest BCUT2D eigenvalue weighted by molar-refractivity contribution is 0.173. The van der Waals surface area contributed by atoms with E-state index in [1.165, 1.54) is 6.07 Å². The third kappa shape index (κ3) is 3.32. The van der Waals surface area contributed by atoms with Crippen LogP contribution < -0.4 is 4.74 Å². The molecule has 2 aromatic rings. The molecule has 1 atom stereocenters.